The minimum Gasteiger partial charge on any atom is -0.260 e. The Balaban J connectivity index is 2.15. The van der Waals surface area contributed by atoms with E-state index in [2.05, 4.69) is 20.9 Å². The Hall–Kier alpha value is -1.000. The molecular formula is C12H10BrNOS. The highest BCUT2D eigenvalue weighted by molar-refractivity contribution is 9.10. The van der Waals surface area contributed by atoms with Gasteiger partial charge in [0, 0.05) is 15.6 Å². The summed E-state index contributed by atoms with van der Waals surface area (Å²) in [6.45, 7) is 0. The van der Waals surface area contributed by atoms with Crippen LogP contribution in [0.1, 0.15) is 5.69 Å². The van der Waals surface area contributed by atoms with Crippen molar-refractivity contribution >= 4 is 26.7 Å². The molecular weight excluding hydrogens is 286 g/mol. The summed E-state index contributed by atoms with van der Waals surface area (Å²) in [6, 6.07) is 13.2. The maximum atomic E-state index is 12.0. The second-order valence-corrected chi connectivity index (χ2v) is 5.64. The number of aromatic nitrogens is 1. The lowest BCUT2D eigenvalue weighted by molar-refractivity contribution is 0.682. The number of nitrogens with zero attached hydrogens (tertiary/aromatic N) is 1. The van der Waals surface area contributed by atoms with E-state index in [9.17, 15) is 4.21 Å². The van der Waals surface area contributed by atoms with Gasteiger partial charge in [0.05, 0.1) is 22.2 Å². The first-order valence-corrected chi connectivity index (χ1v) is 6.91. The van der Waals surface area contributed by atoms with Crippen LogP contribution in [0.3, 0.4) is 0 Å². The predicted octanol–water partition coefficient (Wildman–Crippen LogP) is 3.15. The van der Waals surface area contributed by atoms with Crippen LogP contribution in [0.5, 0.6) is 0 Å². The number of benzene rings is 1. The Labute approximate surface area is 105 Å². The molecule has 1 aromatic carbocycles. The van der Waals surface area contributed by atoms with Gasteiger partial charge in [0.1, 0.15) is 0 Å². The van der Waals surface area contributed by atoms with Crippen molar-refractivity contribution in [2.24, 2.45) is 0 Å². The molecule has 0 spiro atoms. The Bertz CT molecular complexity index is 501. The maximum Gasteiger partial charge on any atom is 0.0705 e. The van der Waals surface area contributed by atoms with E-state index in [4.69, 9.17) is 0 Å². The first kappa shape index (κ1) is 11.5. The van der Waals surface area contributed by atoms with E-state index in [-0.39, 0.29) is 0 Å². The van der Waals surface area contributed by atoms with Crippen molar-refractivity contribution in [2.75, 3.05) is 0 Å². The van der Waals surface area contributed by atoms with Gasteiger partial charge in [-0.1, -0.05) is 28.1 Å². The first-order chi connectivity index (χ1) is 7.75. The molecule has 0 radical (unpaired) electrons. The van der Waals surface area contributed by atoms with Gasteiger partial charge < -0.3 is 0 Å². The molecule has 1 atom stereocenters. The zero-order chi connectivity index (χ0) is 11.4. The SMILES string of the molecule is O=S(Cc1ccccn1)c1cccc(Br)c1. The monoisotopic (exact) mass is 295 g/mol. The van der Waals surface area contributed by atoms with Crippen molar-refractivity contribution < 1.29 is 4.21 Å². The van der Waals surface area contributed by atoms with Gasteiger partial charge in [-0.2, -0.15) is 0 Å². The highest BCUT2D eigenvalue weighted by atomic mass is 79.9. The minimum atomic E-state index is -1.04. The second-order valence-electron chi connectivity index (χ2n) is 3.27. The van der Waals surface area contributed by atoms with Gasteiger partial charge in [-0.3, -0.25) is 9.19 Å². The van der Waals surface area contributed by atoms with Crippen LogP contribution in [-0.4, -0.2) is 9.19 Å². The molecule has 0 aliphatic heterocycles. The molecule has 0 aliphatic rings. The van der Waals surface area contributed by atoms with Gasteiger partial charge in [-0.25, -0.2) is 0 Å². The summed E-state index contributed by atoms with van der Waals surface area (Å²) in [5, 5.41) is 0. The van der Waals surface area contributed by atoms with Gasteiger partial charge >= 0.3 is 0 Å². The smallest absolute Gasteiger partial charge is 0.0705 e. The molecule has 2 rings (SSSR count). The summed E-state index contributed by atoms with van der Waals surface area (Å²) in [5.74, 6) is 0.456. The molecule has 0 aliphatic carbocycles. The molecule has 0 bridgehead atoms. The molecule has 82 valence electrons. The molecule has 0 amide bonds. The summed E-state index contributed by atoms with van der Waals surface area (Å²) in [5.41, 5.74) is 0.848. The van der Waals surface area contributed by atoms with Crippen LogP contribution in [0.25, 0.3) is 0 Å². The Kier molecular flexibility index (Phi) is 3.85. The maximum absolute atomic E-state index is 12.0. The number of pyridine rings is 1. The summed E-state index contributed by atoms with van der Waals surface area (Å²) in [7, 11) is -1.04. The largest absolute Gasteiger partial charge is 0.260 e. The molecule has 0 fully saturated rings. The van der Waals surface area contributed by atoms with Crippen molar-refractivity contribution in [1.82, 2.24) is 4.98 Å². The number of hydrogen-bond acceptors (Lipinski definition) is 2. The van der Waals surface area contributed by atoms with E-state index in [0.717, 1.165) is 15.1 Å². The standard InChI is InChI=1S/C12H10BrNOS/c13-10-4-3-6-12(8-10)16(15)9-11-5-1-2-7-14-11/h1-8H,9H2. The van der Waals surface area contributed by atoms with Gasteiger partial charge in [-0.15, -0.1) is 0 Å². The van der Waals surface area contributed by atoms with E-state index in [1.807, 2.05) is 42.5 Å². The van der Waals surface area contributed by atoms with E-state index < -0.39 is 10.8 Å². The van der Waals surface area contributed by atoms with E-state index in [1.165, 1.54) is 0 Å². The minimum absolute atomic E-state index is 0.456. The predicted molar refractivity (Wildman–Crippen MR) is 68.5 cm³/mol. The lowest BCUT2D eigenvalue weighted by Crippen LogP contribution is -1.98. The van der Waals surface area contributed by atoms with Crippen molar-refractivity contribution in [3.63, 3.8) is 0 Å². The lowest BCUT2D eigenvalue weighted by atomic mass is 10.4. The van der Waals surface area contributed by atoms with Crippen molar-refractivity contribution in [2.45, 2.75) is 10.6 Å². The molecule has 1 aromatic heterocycles. The van der Waals surface area contributed by atoms with Crippen molar-refractivity contribution in [3.05, 3.63) is 58.8 Å². The number of halogens is 1. The number of rotatable bonds is 3. The zero-order valence-electron chi connectivity index (χ0n) is 8.47. The van der Waals surface area contributed by atoms with Crippen LogP contribution < -0.4 is 0 Å². The summed E-state index contributed by atoms with van der Waals surface area (Å²) >= 11 is 3.37. The highest BCUT2D eigenvalue weighted by Gasteiger charge is 2.05. The summed E-state index contributed by atoms with van der Waals surface area (Å²) < 4.78 is 13.0. The van der Waals surface area contributed by atoms with Gasteiger partial charge in [0.2, 0.25) is 0 Å². The zero-order valence-corrected chi connectivity index (χ0v) is 10.9. The molecule has 4 heteroatoms. The average Bonchev–Trinajstić information content (AvgIpc) is 2.30. The van der Waals surface area contributed by atoms with Gasteiger partial charge in [0.15, 0.2) is 0 Å². The molecule has 0 saturated carbocycles. The van der Waals surface area contributed by atoms with Crippen LogP contribution in [0, 0.1) is 0 Å². The summed E-state index contributed by atoms with van der Waals surface area (Å²) in [6.07, 6.45) is 1.72. The van der Waals surface area contributed by atoms with Gasteiger partial charge in [0.25, 0.3) is 0 Å². The third kappa shape index (κ3) is 3.00. The number of hydrogen-bond donors (Lipinski definition) is 0. The quantitative estimate of drug-likeness (QED) is 0.871. The topological polar surface area (TPSA) is 30.0 Å². The molecule has 0 N–H and O–H groups in total. The fourth-order valence-corrected chi connectivity index (χ4v) is 2.96. The molecule has 2 aromatic rings. The van der Waals surface area contributed by atoms with Gasteiger partial charge in [-0.05, 0) is 30.3 Å². The molecule has 0 saturated heterocycles. The second kappa shape index (κ2) is 5.37. The Morgan fingerprint density at radius 2 is 2.06 bits per heavy atom. The highest BCUT2D eigenvalue weighted by Crippen LogP contribution is 2.16. The Morgan fingerprint density at radius 1 is 1.19 bits per heavy atom. The van der Waals surface area contributed by atoms with E-state index >= 15 is 0 Å². The fraction of sp³-hybridized carbons (Fsp3) is 0.0833. The molecule has 1 heterocycles. The van der Waals surface area contributed by atoms with Crippen LogP contribution in [0.2, 0.25) is 0 Å². The third-order valence-corrected chi connectivity index (χ3v) is 3.90. The van der Waals surface area contributed by atoms with Crippen LogP contribution >= 0.6 is 15.9 Å². The first-order valence-electron chi connectivity index (χ1n) is 4.79. The van der Waals surface area contributed by atoms with Crippen molar-refractivity contribution in [1.29, 1.82) is 0 Å². The van der Waals surface area contributed by atoms with Crippen molar-refractivity contribution in [3.8, 4) is 0 Å². The van der Waals surface area contributed by atoms with Crippen LogP contribution in [0.15, 0.2) is 58.0 Å². The average molecular weight is 296 g/mol. The molecule has 2 nitrogen and oxygen atoms in total. The molecule has 16 heavy (non-hydrogen) atoms. The normalized spacial score (nSPS) is 12.3. The third-order valence-electron chi connectivity index (χ3n) is 2.06. The van der Waals surface area contributed by atoms with E-state index in [1.54, 1.807) is 6.20 Å². The Morgan fingerprint density at radius 3 is 2.75 bits per heavy atom. The molecule has 1 unspecified atom stereocenters. The van der Waals surface area contributed by atoms with E-state index in [0.29, 0.717) is 5.75 Å². The fourth-order valence-electron chi connectivity index (χ4n) is 1.31. The van der Waals surface area contributed by atoms with Crippen LogP contribution in [-0.2, 0) is 16.6 Å². The lowest BCUT2D eigenvalue weighted by Gasteiger charge is -2.02. The summed E-state index contributed by atoms with van der Waals surface area (Å²) in [4.78, 5) is 4.98. The van der Waals surface area contributed by atoms with Crippen LogP contribution in [0.4, 0.5) is 0 Å².